The molecule has 2 aromatic rings. The number of halogens is 1. The van der Waals surface area contributed by atoms with Crippen LogP contribution in [0.15, 0.2) is 34.7 Å². The van der Waals surface area contributed by atoms with Crippen molar-refractivity contribution in [3.05, 3.63) is 34.8 Å². The number of nitrogens with zero attached hydrogens (tertiary/aromatic N) is 2. The first kappa shape index (κ1) is 17.5. The second-order valence-corrected chi connectivity index (χ2v) is 8.48. The maximum Gasteiger partial charge on any atom is 0.244 e. The van der Waals surface area contributed by atoms with Crippen molar-refractivity contribution in [3.63, 3.8) is 0 Å². The molecule has 130 valence electrons. The summed E-state index contributed by atoms with van der Waals surface area (Å²) in [6.45, 7) is 1.54. The van der Waals surface area contributed by atoms with Crippen LogP contribution in [0.2, 0.25) is 5.02 Å². The van der Waals surface area contributed by atoms with Gasteiger partial charge in [-0.25, -0.2) is 18.1 Å². The molecular weight excluding hydrogens is 370 g/mol. The van der Waals surface area contributed by atoms with Gasteiger partial charge in [0.25, 0.3) is 0 Å². The van der Waals surface area contributed by atoms with Gasteiger partial charge < -0.3 is 9.64 Å². The topological polar surface area (TPSA) is 71.5 Å². The minimum atomic E-state index is -3.69. The highest BCUT2D eigenvalue weighted by Gasteiger charge is 2.27. The predicted octanol–water partition coefficient (Wildman–Crippen LogP) is 2.75. The minimum absolute atomic E-state index is 0.0693. The summed E-state index contributed by atoms with van der Waals surface area (Å²) in [6.07, 6.45) is 3.23. The number of thiazole rings is 1. The van der Waals surface area contributed by atoms with E-state index in [-0.39, 0.29) is 16.7 Å². The van der Waals surface area contributed by atoms with E-state index in [0.717, 1.165) is 31.1 Å². The molecule has 1 fully saturated rings. The Hall–Kier alpha value is -1.35. The number of benzene rings is 1. The Morgan fingerprint density at radius 3 is 2.75 bits per heavy atom. The highest BCUT2D eigenvalue weighted by Crippen LogP contribution is 2.28. The van der Waals surface area contributed by atoms with Crippen molar-refractivity contribution in [1.82, 2.24) is 9.71 Å². The Balaban J connectivity index is 1.69. The van der Waals surface area contributed by atoms with Crippen LogP contribution in [0, 0.1) is 0 Å². The van der Waals surface area contributed by atoms with Crippen molar-refractivity contribution >= 4 is 38.1 Å². The lowest BCUT2D eigenvalue weighted by molar-refractivity contribution is 0.401. The van der Waals surface area contributed by atoms with Crippen LogP contribution in [0.4, 0.5) is 5.13 Å². The van der Waals surface area contributed by atoms with E-state index in [1.54, 1.807) is 29.7 Å². The fourth-order valence-corrected chi connectivity index (χ4v) is 5.14. The van der Waals surface area contributed by atoms with Crippen molar-refractivity contribution in [3.8, 4) is 5.75 Å². The van der Waals surface area contributed by atoms with Gasteiger partial charge in [0.05, 0.1) is 7.11 Å². The summed E-state index contributed by atoms with van der Waals surface area (Å²) >= 11 is 7.53. The third kappa shape index (κ3) is 3.83. The highest BCUT2D eigenvalue weighted by molar-refractivity contribution is 7.89. The van der Waals surface area contributed by atoms with Crippen LogP contribution in [0.5, 0.6) is 5.75 Å². The van der Waals surface area contributed by atoms with Gasteiger partial charge in [-0.3, -0.25) is 0 Å². The van der Waals surface area contributed by atoms with Gasteiger partial charge in [-0.1, -0.05) is 11.6 Å². The molecule has 1 aliphatic heterocycles. The number of rotatable bonds is 5. The second kappa shape index (κ2) is 7.26. The van der Waals surface area contributed by atoms with Gasteiger partial charge in [-0.2, -0.15) is 0 Å². The maximum atomic E-state index is 12.7. The third-order valence-corrected chi connectivity index (χ3v) is 6.53. The maximum absolute atomic E-state index is 12.7. The summed E-state index contributed by atoms with van der Waals surface area (Å²) in [4.78, 5) is 6.54. The van der Waals surface area contributed by atoms with Crippen molar-refractivity contribution in [2.24, 2.45) is 0 Å². The van der Waals surface area contributed by atoms with Crippen LogP contribution < -0.4 is 14.4 Å². The third-order valence-electron chi connectivity index (χ3n) is 3.92. The summed E-state index contributed by atoms with van der Waals surface area (Å²) in [6, 6.07) is 4.45. The van der Waals surface area contributed by atoms with Crippen LogP contribution in [0.25, 0.3) is 0 Å². The largest absolute Gasteiger partial charge is 0.495 e. The molecule has 0 amide bonds. The number of aromatic nitrogens is 1. The molecule has 2 heterocycles. The highest BCUT2D eigenvalue weighted by atomic mass is 35.5. The number of sulfonamides is 1. The molecule has 0 saturated carbocycles. The zero-order chi connectivity index (χ0) is 17.2. The molecule has 24 heavy (non-hydrogen) atoms. The van der Waals surface area contributed by atoms with E-state index in [2.05, 4.69) is 14.6 Å². The second-order valence-electron chi connectivity index (χ2n) is 5.49. The SMILES string of the molecule is COc1ccc(Cl)cc1S(=O)(=O)NC1CCN(c2nccs2)CC1. The van der Waals surface area contributed by atoms with Crippen LogP contribution in [-0.2, 0) is 10.0 Å². The summed E-state index contributed by atoms with van der Waals surface area (Å²) in [5.41, 5.74) is 0. The lowest BCUT2D eigenvalue weighted by Gasteiger charge is -2.32. The number of ether oxygens (including phenoxy) is 1. The van der Waals surface area contributed by atoms with Crippen LogP contribution in [0.3, 0.4) is 0 Å². The van der Waals surface area contributed by atoms with Crippen molar-refractivity contribution in [2.75, 3.05) is 25.1 Å². The van der Waals surface area contributed by atoms with Crippen LogP contribution >= 0.6 is 22.9 Å². The summed E-state index contributed by atoms with van der Waals surface area (Å²) in [5, 5.41) is 3.28. The smallest absolute Gasteiger partial charge is 0.244 e. The molecule has 1 aliphatic rings. The first-order chi connectivity index (χ1) is 11.5. The van der Waals surface area contributed by atoms with E-state index in [1.165, 1.54) is 13.2 Å². The summed E-state index contributed by atoms with van der Waals surface area (Å²) in [7, 11) is -2.25. The van der Waals surface area contributed by atoms with Gasteiger partial charge in [0.2, 0.25) is 10.0 Å². The molecule has 9 heteroatoms. The molecule has 0 aliphatic carbocycles. The Labute approximate surface area is 150 Å². The predicted molar refractivity (Wildman–Crippen MR) is 95.7 cm³/mol. The first-order valence-corrected chi connectivity index (χ1v) is 10.2. The fraction of sp³-hybridized carbons (Fsp3) is 0.400. The molecule has 1 N–H and O–H groups in total. The zero-order valence-corrected chi connectivity index (χ0v) is 15.5. The molecule has 6 nitrogen and oxygen atoms in total. The van der Waals surface area contributed by atoms with Gasteiger partial charge in [-0.15, -0.1) is 11.3 Å². The van der Waals surface area contributed by atoms with Gasteiger partial charge in [-0.05, 0) is 31.0 Å². The number of methoxy groups -OCH3 is 1. The van der Waals surface area contributed by atoms with Gasteiger partial charge in [0.1, 0.15) is 10.6 Å². The van der Waals surface area contributed by atoms with Gasteiger partial charge >= 0.3 is 0 Å². The van der Waals surface area contributed by atoms with Crippen molar-refractivity contribution in [2.45, 2.75) is 23.8 Å². The van der Waals surface area contributed by atoms with Gasteiger partial charge in [0, 0.05) is 35.7 Å². The molecule has 0 bridgehead atoms. The molecule has 1 aromatic carbocycles. The molecular formula is C15H18ClN3O3S2. The molecule has 0 unspecified atom stereocenters. The van der Waals surface area contributed by atoms with Crippen molar-refractivity contribution < 1.29 is 13.2 Å². The van der Waals surface area contributed by atoms with Crippen LogP contribution in [0.1, 0.15) is 12.8 Å². The van der Waals surface area contributed by atoms with Crippen LogP contribution in [-0.4, -0.2) is 39.6 Å². The fourth-order valence-electron chi connectivity index (χ4n) is 2.70. The van der Waals surface area contributed by atoms with E-state index in [4.69, 9.17) is 16.3 Å². The van der Waals surface area contributed by atoms with E-state index in [9.17, 15) is 8.42 Å². The average molecular weight is 388 g/mol. The number of hydrogen-bond acceptors (Lipinski definition) is 6. The van der Waals surface area contributed by atoms with E-state index >= 15 is 0 Å². The summed E-state index contributed by atoms with van der Waals surface area (Å²) in [5.74, 6) is 0.284. The lowest BCUT2D eigenvalue weighted by Crippen LogP contribution is -2.44. The first-order valence-electron chi connectivity index (χ1n) is 7.50. The Bertz CT molecular complexity index is 788. The van der Waals surface area contributed by atoms with E-state index in [0.29, 0.717) is 5.02 Å². The lowest BCUT2D eigenvalue weighted by atomic mass is 10.1. The number of piperidine rings is 1. The molecule has 0 atom stereocenters. The quantitative estimate of drug-likeness (QED) is 0.854. The Morgan fingerprint density at radius 1 is 1.38 bits per heavy atom. The minimum Gasteiger partial charge on any atom is -0.495 e. The molecule has 1 saturated heterocycles. The molecule has 1 aromatic heterocycles. The molecule has 0 radical (unpaired) electrons. The normalized spacial score (nSPS) is 16.3. The standard InChI is InChI=1S/C15H18ClN3O3S2/c1-22-13-3-2-11(16)10-14(13)24(20,21)18-12-4-7-19(8-5-12)15-17-6-9-23-15/h2-3,6,9-10,12,18H,4-5,7-8H2,1H3. The monoisotopic (exact) mass is 387 g/mol. The Morgan fingerprint density at radius 2 is 2.12 bits per heavy atom. The van der Waals surface area contributed by atoms with Crippen molar-refractivity contribution in [1.29, 1.82) is 0 Å². The molecule has 3 rings (SSSR count). The van der Waals surface area contributed by atoms with E-state index < -0.39 is 10.0 Å². The molecule has 0 spiro atoms. The zero-order valence-electron chi connectivity index (χ0n) is 13.1. The summed E-state index contributed by atoms with van der Waals surface area (Å²) < 4.78 is 33.3. The number of hydrogen-bond donors (Lipinski definition) is 1. The van der Waals surface area contributed by atoms with E-state index in [1.807, 2.05) is 5.38 Å². The average Bonchev–Trinajstić information content (AvgIpc) is 3.10. The number of anilines is 1. The van der Waals surface area contributed by atoms with Gasteiger partial charge in [0.15, 0.2) is 5.13 Å². The number of nitrogens with one attached hydrogen (secondary N) is 1. The Kier molecular flexibility index (Phi) is 5.29.